The number of para-hydroxylation sites is 1. The molecular weight excluding hydrogens is 350 g/mol. The Kier molecular flexibility index (Phi) is 5.47. The second-order valence-electron chi connectivity index (χ2n) is 6.55. The van der Waals surface area contributed by atoms with E-state index < -0.39 is 0 Å². The molecule has 1 heterocycles. The third-order valence-electron chi connectivity index (χ3n) is 4.65. The van der Waals surface area contributed by atoms with Crippen molar-refractivity contribution in [2.24, 2.45) is 0 Å². The third-order valence-corrected chi connectivity index (χ3v) is 5.06. The van der Waals surface area contributed by atoms with Crippen LogP contribution in [-0.2, 0) is 16.0 Å². The molecule has 0 unspecified atom stereocenters. The van der Waals surface area contributed by atoms with E-state index in [1.54, 1.807) is 18.2 Å². The van der Waals surface area contributed by atoms with E-state index in [1.165, 1.54) is 5.56 Å². The smallest absolute Gasteiger partial charge is 0.243 e. The van der Waals surface area contributed by atoms with Crippen molar-refractivity contribution in [3.8, 4) is 0 Å². The first-order valence-electron chi connectivity index (χ1n) is 8.62. The number of nitrogens with zero attached hydrogens (tertiary/aromatic N) is 1. The van der Waals surface area contributed by atoms with Crippen LogP contribution in [0.15, 0.2) is 42.5 Å². The van der Waals surface area contributed by atoms with Crippen LogP contribution in [0, 0.1) is 6.92 Å². The summed E-state index contributed by atoms with van der Waals surface area (Å²) in [6.45, 7) is 4.10. The Morgan fingerprint density at radius 3 is 2.73 bits per heavy atom. The van der Waals surface area contributed by atoms with Gasteiger partial charge in [-0.3, -0.25) is 9.59 Å². The van der Waals surface area contributed by atoms with Gasteiger partial charge in [-0.15, -0.1) is 0 Å². The molecule has 0 saturated heterocycles. The van der Waals surface area contributed by atoms with Gasteiger partial charge in [-0.25, -0.2) is 0 Å². The number of carbonyl (C=O) groups is 2. The molecule has 2 aromatic carbocycles. The summed E-state index contributed by atoms with van der Waals surface area (Å²) in [6.07, 6.45) is 0.929. The number of anilines is 2. The van der Waals surface area contributed by atoms with E-state index in [0.717, 1.165) is 17.7 Å². The Balaban J connectivity index is 1.53. The molecule has 1 atom stereocenters. The summed E-state index contributed by atoms with van der Waals surface area (Å²) in [5, 5.41) is 6.05. The Morgan fingerprint density at radius 2 is 1.92 bits per heavy atom. The lowest BCUT2D eigenvalue weighted by atomic mass is 10.1. The molecule has 5 nitrogen and oxygen atoms in total. The zero-order valence-electron chi connectivity index (χ0n) is 14.9. The zero-order valence-corrected chi connectivity index (χ0v) is 15.6. The van der Waals surface area contributed by atoms with Crippen molar-refractivity contribution in [1.82, 2.24) is 5.32 Å². The number of fused-ring (bicyclic) bond motifs is 1. The molecule has 6 heteroatoms. The van der Waals surface area contributed by atoms with Crippen molar-refractivity contribution in [3.05, 3.63) is 58.6 Å². The predicted molar refractivity (Wildman–Crippen MR) is 105 cm³/mol. The lowest BCUT2D eigenvalue weighted by Gasteiger charge is -2.24. The summed E-state index contributed by atoms with van der Waals surface area (Å²) in [7, 11) is 0. The second kappa shape index (κ2) is 7.79. The molecule has 0 aliphatic carbocycles. The second-order valence-corrected chi connectivity index (χ2v) is 6.95. The lowest BCUT2D eigenvalue weighted by Crippen LogP contribution is -2.42. The van der Waals surface area contributed by atoms with E-state index >= 15 is 0 Å². The van der Waals surface area contributed by atoms with Crippen molar-refractivity contribution in [3.63, 3.8) is 0 Å². The van der Waals surface area contributed by atoms with Crippen molar-refractivity contribution in [1.29, 1.82) is 0 Å². The van der Waals surface area contributed by atoms with Crippen LogP contribution in [0.4, 0.5) is 11.4 Å². The first kappa shape index (κ1) is 18.3. The fourth-order valence-electron chi connectivity index (χ4n) is 3.20. The molecular formula is C20H22ClN3O2. The monoisotopic (exact) mass is 371 g/mol. The van der Waals surface area contributed by atoms with Crippen LogP contribution >= 0.6 is 11.6 Å². The van der Waals surface area contributed by atoms with Gasteiger partial charge in [-0.1, -0.05) is 35.9 Å². The minimum absolute atomic E-state index is 0.0747. The molecule has 0 aromatic heterocycles. The molecule has 2 N–H and O–H groups in total. The highest BCUT2D eigenvalue weighted by Gasteiger charge is 2.27. The van der Waals surface area contributed by atoms with Crippen LogP contribution in [0.1, 0.15) is 18.1 Å². The summed E-state index contributed by atoms with van der Waals surface area (Å²) >= 11 is 6.05. The number of benzene rings is 2. The fraction of sp³-hybridized carbons (Fsp3) is 0.300. The number of hydrogen-bond acceptors (Lipinski definition) is 3. The van der Waals surface area contributed by atoms with Crippen LogP contribution in [0.3, 0.4) is 0 Å². The molecule has 3 rings (SSSR count). The first-order valence-corrected chi connectivity index (χ1v) is 8.99. The van der Waals surface area contributed by atoms with E-state index in [1.807, 2.05) is 25.1 Å². The quantitative estimate of drug-likeness (QED) is 0.848. The predicted octanol–water partition coefficient (Wildman–Crippen LogP) is 3.15. The summed E-state index contributed by atoms with van der Waals surface area (Å²) < 4.78 is 0. The van der Waals surface area contributed by atoms with Crippen LogP contribution in [0.2, 0.25) is 5.02 Å². The van der Waals surface area contributed by atoms with Crippen LogP contribution in [-0.4, -0.2) is 30.9 Å². The Morgan fingerprint density at radius 1 is 1.15 bits per heavy atom. The summed E-state index contributed by atoms with van der Waals surface area (Å²) in [6, 6.07) is 13.7. The van der Waals surface area contributed by atoms with Crippen molar-refractivity contribution < 1.29 is 9.59 Å². The Labute approximate surface area is 158 Å². The van der Waals surface area contributed by atoms with E-state index in [2.05, 4.69) is 28.5 Å². The maximum atomic E-state index is 12.3. The topological polar surface area (TPSA) is 61.4 Å². The van der Waals surface area contributed by atoms with E-state index in [0.29, 0.717) is 10.7 Å². The summed E-state index contributed by atoms with van der Waals surface area (Å²) in [5.41, 5.74) is 3.80. The standard InChI is InChI=1S/C20H22ClN3O2/c1-13-10-15-6-3-4-9-18(15)24(13)12-20(26)22-11-19(25)23-17-8-5-7-16(21)14(17)2/h3-9,13H,10-12H2,1-2H3,(H,22,26)(H,23,25)/t13-/m0/s1. The van der Waals surface area contributed by atoms with Crippen LogP contribution < -0.4 is 15.5 Å². The highest BCUT2D eigenvalue weighted by atomic mass is 35.5. The number of hydrogen-bond donors (Lipinski definition) is 2. The molecule has 0 spiro atoms. The molecule has 1 aliphatic rings. The van der Waals surface area contributed by atoms with Gasteiger partial charge in [0.25, 0.3) is 0 Å². The van der Waals surface area contributed by atoms with E-state index in [-0.39, 0.29) is 30.9 Å². The Hall–Kier alpha value is -2.53. The third kappa shape index (κ3) is 3.99. The average Bonchev–Trinajstić information content (AvgIpc) is 2.93. The normalized spacial score (nSPS) is 15.5. The van der Waals surface area contributed by atoms with Gasteiger partial charge in [0.1, 0.15) is 0 Å². The highest BCUT2D eigenvalue weighted by Crippen LogP contribution is 2.31. The van der Waals surface area contributed by atoms with Crippen LogP contribution in [0.5, 0.6) is 0 Å². The maximum absolute atomic E-state index is 12.3. The molecule has 0 bridgehead atoms. The highest BCUT2D eigenvalue weighted by molar-refractivity contribution is 6.31. The molecule has 2 amide bonds. The minimum atomic E-state index is -0.279. The number of carbonyl (C=O) groups excluding carboxylic acids is 2. The van der Waals surface area contributed by atoms with Gasteiger partial charge < -0.3 is 15.5 Å². The number of amides is 2. The summed E-state index contributed by atoms with van der Waals surface area (Å²) in [4.78, 5) is 26.4. The molecule has 2 aromatic rings. The van der Waals surface area contributed by atoms with Crippen molar-refractivity contribution in [2.45, 2.75) is 26.3 Å². The lowest BCUT2D eigenvalue weighted by molar-refractivity contribution is -0.123. The van der Waals surface area contributed by atoms with Crippen molar-refractivity contribution in [2.75, 3.05) is 23.3 Å². The zero-order chi connectivity index (χ0) is 18.7. The first-order chi connectivity index (χ1) is 12.5. The van der Waals surface area contributed by atoms with Crippen molar-refractivity contribution >= 4 is 34.8 Å². The molecule has 136 valence electrons. The molecule has 26 heavy (non-hydrogen) atoms. The molecule has 0 radical (unpaired) electrons. The van der Waals surface area contributed by atoms with E-state index in [9.17, 15) is 9.59 Å². The van der Waals surface area contributed by atoms with Crippen LogP contribution in [0.25, 0.3) is 0 Å². The number of rotatable bonds is 5. The minimum Gasteiger partial charge on any atom is -0.359 e. The van der Waals surface area contributed by atoms with Gasteiger partial charge in [-0.2, -0.15) is 0 Å². The SMILES string of the molecule is Cc1c(Cl)cccc1NC(=O)CNC(=O)CN1c2ccccc2C[C@@H]1C. The molecule has 0 saturated carbocycles. The fourth-order valence-corrected chi connectivity index (χ4v) is 3.37. The molecule has 0 fully saturated rings. The van der Waals surface area contributed by atoms with Gasteiger partial charge in [0.05, 0.1) is 13.1 Å². The number of nitrogens with one attached hydrogen (secondary N) is 2. The number of halogens is 1. The average molecular weight is 372 g/mol. The molecule has 1 aliphatic heterocycles. The van der Waals surface area contributed by atoms with E-state index in [4.69, 9.17) is 11.6 Å². The van der Waals surface area contributed by atoms with Gasteiger partial charge in [0, 0.05) is 22.4 Å². The van der Waals surface area contributed by atoms with Gasteiger partial charge in [0.2, 0.25) is 11.8 Å². The maximum Gasteiger partial charge on any atom is 0.243 e. The van der Waals surface area contributed by atoms with Gasteiger partial charge in [0.15, 0.2) is 0 Å². The Bertz CT molecular complexity index is 838. The summed E-state index contributed by atoms with van der Waals surface area (Å²) in [5.74, 6) is -0.454. The largest absolute Gasteiger partial charge is 0.359 e. The van der Waals surface area contributed by atoms with Gasteiger partial charge >= 0.3 is 0 Å². The van der Waals surface area contributed by atoms with Gasteiger partial charge in [-0.05, 0) is 49.6 Å².